The molecule has 0 radical (unpaired) electrons. The van der Waals surface area contributed by atoms with Crippen molar-refractivity contribution < 1.29 is 0 Å². The lowest BCUT2D eigenvalue weighted by Crippen LogP contribution is -2.22. The van der Waals surface area contributed by atoms with E-state index in [1.807, 2.05) is 6.92 Å². The Balaban J connectivity index is 2.51. The zero-order valence-corrected chi connectivity index (χ0v) is 14.1. The van der Waals surface area contributed by atoms with E-state index in [1.54, 1.807) is 0 Å². The van der Waals surface area contributed by atoms with Crippen LogP contribution in [0.5, 0.6) is 0 Å². The van der Waals surface area contributed by atoms with Crippen LogP contribution in [0.2, 0.25) is 0 Å². The van der Waals surface area contributed by atoms with Crippen molar-refractivity contribution in [3.05, 3.63) is 36.4 Å². The van der Waals surface area contributed by atoms with Crippen LogP contribution in [-0.2, 0) is 0 Å². The molecule has 0 unspecified atom stereocenters. The average Bonchev–Trinajstić information content (AvgIpc) is 2.46. The van der Waals surface area contributed by atoms with Gasteiger partial charge in [0.1, 0.15) is 0 Å². The van der Waals surface area contributed by atoms with Gasteiger partial charge in [-0.15, -0.1) is 11.8 Å². The van der Waals surface area contributed by atoms with Gasteiger partial charge in [0, 0.05) is 18.7 Å². The van der Waals surface area contributed by atoms with Gasteiger partial charge in [-0.25, -0.2) is 0 Å². The van der Waals surface area contributed by atoms with Crippen LogP contribution in [0.3, 0.4) is 0 Å². The lowest BCUT2D eigenvalue weighted by Gasteiger charge is -2.24. The van der Waals surface area contributed by atoms with Crippen molar-refractivity contribution in [2.75, 3.05) is 11.9 Å². The summed E-state index contributed by atoms with van der Waals surface area (Å²) in [7, 11) is 0. The molecule has 1 aromatic rings. The van der Waals surface area contributed by atoms with Gasteiger partial charge in [-0.3, -0.25) is 0 Å². The van der Waals surface area contributed by atoms with Crippen molar-refractivity contribution in [2.45, 2.75) is 53.4 Å². The van der Waals surface area contributed by atoms with Crippen molar-refractivity contribution >= 4 is 11.3 Å². The molecular formula is C20H29N. The molecule has 0 atom stereocenters. The van der Waals surface area contributed by atoms with Crippen molar-refractivity contribution in [3.63, 3.8) is 0 Å². The Morgan fingerprint density at radius 1 is 1.24 bits per heavy atom. The highest BCUT2D eigenvalue weighted by Gasteiger charge is 2.16. The van der Waals surface area contributed by atoms with Crippen molar-refractivity contribution in [2.24, 2.45) is 5.41 Å². The second kappa shape index (κ2) is 8.57. The summed E-state index contributed by atoms with van der Waals surface area (Å²) in [4.78, 5) is 0. The van der Waals surface area contributed by atoms with Crippen LogP contribution in [0.15, 0.2) is 30.8 Å². The quantitative estimate of drug-likeness (QED) is 0.600. The lowest BCUT2D eigenvalue weighted by molar-refractivity contribution is 0.364. The van der Waals surface area contributed by atoms with Gasteiger partial charge in [0.15, 0.2) is 0 Å². The van der Waals surface area contributed by atoms with E-state index in [1.165, 1.54) is 16.8 Å². The highest BCUT2D eigenvalue weighted by Crippen LogP contribution is 2.24. The minimum atomic E-state index is 0.258. The van der Waals surface area contributed by atoms with Crippen molar-refractivity contribution in [1.29, 1.82) is 0 Å². The maximum atomic E-state index is 4.14. The minimum absolute atomic E-state index is 0.258. The molecule has 0 amide bonds. The van der Waals surface area contributed by atoms with Gasteiger partial charge in [0.2, 0.25) is 0 Å². The van der Waals surface area contributed by atoms with E-state index in [0.717, 1.165) is 32.2 Å². The molecule has 0 bridgehead atoms. The number of nitrogens with one attached hydrogen (secondary N) is 1. The van der Waals surface area contributed by atoms with Crippen molar-refractivity contribution in [3.8, 4) is 11.8 Å². The molecule has 1 heteroatoms. The van der Waals surface area contributed by atoms with Crippen molar-refractivity contribution in [1.82, 2.24) is 0 Å². The largest absolute Gasteiger partial charge is 0.385 e. The second-order valence-electron chi connectivity index (χ2n) is 6.38. The molecule has 1 rings (SSSR count). The van der Waals surface area contributed by atoms with E-state index >= 15 is 0 Å². The number of anilines is 1. The summed E-state index contributed by atoms with van der Waals surface area (Å²) < 4.78 is 0. The molecule has 1 N–H and O–H groups in total. The first-order chi connectivity index (χ1) is 9.98. The topological polar surface area (TPSA) is 12.0 Å². The zero-order chi connectivity index (χ0) is 15.7. The van der Waals surface area contributed by atoms with Gasteiger partial charge in [0.05, 0.1) is 0 Å². The molecule has 0 aliphatic carbocycles. The van der Waals surface area contributed by atoms with Crippen LogP contribution < -0.4 is 5.32 Å². The Kier molecular flexibility index (Phi) is 7.09. The van der Waals surface area contributed by atoms with E-state index in [-0.39, 0.29) is 5.41 Å². The molecule has 0 saturated heterocycles. The average molecular weight is 283 g/mol. The molecule has 0 fully saturated rings. The van der Waals surface area contributed by atoms with Crippen LogP contribution in [-0.4, -0.2) is 6.54 Å². The van der Waals surface area contributed by atoms with Crippen LogP contribution >= 0.6 is 0 Å². The Labute approximate surface area is 130 Å². The number of hydrogen-bond acceptors (Lipinski definition) is 1. The lowest BCUT2D eigenvalue weighted by atomic mass is 9.88. The molecule has 0 aliphatic heterocycles. The first-order valence-electron chi connectivity index (χ1n) is 7.90. The molecule has 21 heavy (non-hydrogen) atoms. The van der Waals surface area contributed by atoms with Gasteiger partial charge >= 0.3 is 0 Å². The fourth-order valence-electron chi connectivity index (χ4n) is 2.23. The molecule has 114 valence electrons. The summed E-state index contributed by atoms with van der Waals surface area (Å²) in [5.74, 6) is 6.11. The van der Waals surface area contributed by atoms with Crippen LogP contribution in [0, 0.1) is 17.3 Å². The predicted molar refractivity (Wildman–Crippen MR) is 95.3 cm³/mol. The molecule has 1 aromatic carbocycles. The number of allylic oxidation sites excluding steroid dienone is 1. The normalized spacial score (nSPS) is 10.7. The van der Waals surface area contributed by atoms with E-state index < -0.39 is 0 Å². The number of hydrogen-bond donors (Lipinski definition) is 1. The third kappa shape index (κ3) is 6.54. The fourth-order valence-corrected chi connectivity index (χ4v) is 2.23. The molecular weight excluding hydrogens is 254 g/mol. The summed E-state index contributed by atoms with van der Waals surface area (Å²) in [5.41, 5.74) is 3.91. The van der Waals surface area contributed by atoms with Gasteiger partial charge < -0.3 is 5.32 Å². The van der Waals surface area contributed by atoms with Gasteiger partial charge in [-0.1, -0.05) is 45.9 Å². The Morgan fingerprint density at radius 2 is 1.90 bits per heavy atom. The first kappa shape index (κ1) is 17.4. The third-order valence-corrected chi connectivity index (χ3v) is 3.72. The van der Waals surface area contributed by atoms with Crippen LogP contribution in [0.25, 0.3) is 5.57 Å². The summed E-state index contributed by atoms with van der Waals surface area (Å²) in [5, 5.41) is 3.53. The van der Waals surface area contributed by atoms with Gasteiger partial charge in [-0.05, 0) is 48.4 Å². The first-order valence-corrected chi connectivity index (χ1v) is 7.90. The Morgan fingerprint density at radius 3 is 2.48 bits per heavy atom. The van der Waals surface area contributed by atoms with E-state index in [2.05, 4.69) is 68.8 Å². The maximum Gasteiger partial charge on any atom is 0.0340 e. The SMILES string of the molecule is C=C(CCC)c1ccc(NCC(C)(C)CCC#CC)cc1. The van der Waals surface area contributed by atoms with E-state index in [4.69, 9.17) is 0 Å². The molecule has 0 aliphatic rings. The Hall–Kier alpha value is -1.68. The molecule has 0 heterocycles. The summed E-state index contributed by atoms with van der Waals surface area (Å²) in [6.07, 6.45) is 4.30. The number of rotatable bonds is 8. The molecule has 0 spiro atoms. The van der Waals surface area contributed by atoms with Gasteiger partial charge in [0.25, 0.3) is 0 Å². The molecule has 1 nitrogen and oxygen atoms in total. The monoisotopic (exact) mass is 283 g/mol. The maximum absolute atomic E-state index is 4.14. The minimum Gasteiger partial charge on any atom is -0.385 e. The summed E-state index contributed by atoms with van der Waals surface area (Å²) in [6.45, 7) is 13.8. The van der Waals surface area contributed by atoms with E-state index in [0.29, 0.717) is 0 Å². The highest BCUT2D eigenvalue weighted by atomic mass is 14.9. The Bertz CT molecular complexity index is 497. The molecule has 0 aromatic heterocycles. The van der Waals surface area contributed by atoms with Crippen LogP contribution in [0.1, 0.15) is 58.9 Å². The van der Waals surface area contributed by atoms with Gasteiger partial charge in [-0.2, -0.15) is 0 Å². The highest BCUT2D eigenvalue weighted by molar-refractivity contribution is 5.65. The zero-order valence-electron chi connectivity index (χ0n) is 14.1. The predicted octanol–water partition coefficient (Wildman–Crippen LogP) is 5.74. The second-order valence-corrected chi connectivity index (χ2v) is 6.38. The fraction of sp³-hybridized carbons (Fsp3) is 0.500. The smallest absolute Gasteiger partial charge is 0.0340 e. The van der Waals surface area contributed by atoms with E-state index in [9.17, 15) is 0 Å². The summed E-state index contributed by atoms with van der Waals surface area (Å²) >= 11 is 0. The number of benzene rings is 1. The third-order valence-electron chi connectivity index (χ3n) is 3.72. The van der Waals surface area contributed by atoms with Crippen LogP contribution in [0.4, 0.5) is 5.69 Å². The summed E-state index contributed by atoms with van der Waals surface area (Å²) in [6, 6.07) is 8.63. The standard InChI is InChI=1S/C20H29N/c1-6-8-9-15-20(4,5)16-21-19-13-11-18(12-14-19)17(3)10-7-2/h11-14,21H,3,7,9-10,15-16H2,1-2,4-5H3. The molecule has 0 saturated carbocycles.